The van der Waals surface area contributed by atoms with E-state index in [1.807, 2.05) is 0 Å². The summed E-state index contributed by atoms with van der Waals surface area (Å²) in [5.74, 6) is 0.00134. The van der Waals surface area contributed by atoms with Crippen LogP contribution in [0.25, 0.3) is 0 Å². The molecule has 4 rings (SSSR count). The van der Waals surface area contributed by atoms with E-state index in [4.69, 9.17) is 0 Å². The third kappa shape index (κ3) is 4.22. The lowest BCUT2D eigenvalue weighted by molar-refractivity contribution is -0.385. The molecule has 3 aliphatic rings. The monoisotopic (exact) mass is 449 g/mol. The molecule has 3 fully saturated rings. The molecule has 0 radical (unpaired) electrons. The molecule has 1 saturated carbocycles. The van der Waals surface area contributed by atoms with Crippen molar-refractivity contribution < 1.29 is 18.1 Å². The Morgan fingerprint density at radius 3 is 2.48 bits per heavy atom. The molecule has 8 nitrogen and oxygen atoms in total. The van der Waals surface area contributed by atoms with Gasteiger partial charge in [0, 0.05) is 43.7 Å². The zero-order valence-electron chi connectivity index (χ0n) is 18.4. The number of hydrogen-bond donors (Lipinski definition) is 0. The number of nitro groups is 1. The van der Waals surface area contributed by atoms with Gasteiger partial charge in [-0.3, -0.25) is 14.9 Å². The van der Waals surface area contributed by atoms with Gasteiger partial charge in [-0.25, -0.2) is 8.42 Å². The summed E-state index contributed by atoms with van der Waals surface area (Å²) < 4.78 is 27.3. The summed E-state index contributed by atoms with van der Waals surface area (Å²) in [7, 11) is -3.82. The average molecular weight is 450 g/mol. The van der Waals surface area contributed by atoms with Gasteiger partial charge in [-0.15, -0.1) is 0 Å². The van der Waals surface area contributed by atoms with Crippen molar-refractivity contribution in [3.8, 4) is 0 Å². The number of non-ortho nitro benzene ring substituents is 1. The zero-order chi connectivity index (χ0) is 22.6. The van der Waals surface area contributed by atoms with Crippen molar-refractivity contribution in [2.24, 2.45) is 16.7 Å². The van der Waals surface area contributed by atoms with Gasteiger partial charge in [0.1, 0.15) is 0 Å². The highest BCUT2D eigenvalue weighted by molar-refractivity contribution is 7.89. The predicted molar refractivity (Wildman–Crippen MR) is 116 cm³/mol. The van der Waals surface area contributed by atoms with Crippen molar-refractivity contribution in [3.05, 3.63) is 34.4 Å². The van der Waals surface area contributed by atoms with E-state index >= 15 is 0 Å². The molecule has 1 aromatic rings. The zero-order valence-corrected chi connectivity index (χ0v) is 19.2. The second-order valence-electron chi connectivity index (χ2n) is 10.6. The highest BCUT2D eigenvalue weighted by Gasteiger charge is 2.51. The molecule has 0 aromatic heterocycles. The number of piperidine rings is 1. The minimum atomic E-state index is -3.82. The minimum absolute atomic E-state index is 0.0741. The van der Waals surface area contributed by atoms with Crippen LogP contribution in [0.5, 0.6) is 0 Å². The Bertz CT molecular complexity index is 1000. The third-order valence-corrected chi connectivity index (χ3v) is 9.06. The Morgan fingerprint density at radius 2 is 1.84 bits per heavy atom. The van der Waals surface area contributed by atoms with Gasteiger partial charge in [0.05, 0.1) is 9.82 Å². The van der Waals surface area contributed by atoms with Gasteiger partial charge < -0.3 is 4.90 Å². The number of amides is 1. The summed E-state index contributed by atoms with van der Waals surface area (Å²) in [6.45, 7) is 8.14. The van der Waals surface area contributed by atoms with Crippen LogP contribution in [-0.2, 0) is 14.8 Å². The maximum absolute atomic E-state index is 13.3. The van der Waals surface area contributed by atoms with Crippen LogP contribution in [0.4, 0.5) is 5.69 Å². The van der Waals surface area contributed by atoms with E-state index < -0.39 is 14.9 Å². The Hall–Kier alpha value is -2.00. The number of nitrogens with zero attached hydrogens (tertiary/aromatic N) is 3. The number of rotatable bonds is 4. The van der Waals surface area contributed by atoms with Crippen LogP contribution in [0.15, 0.2) is 29.2 Å². The fraction of sp³-hybridized carbons (Fsp3) is 0.682. The number of carbonyl (C=O) groups is 1. The van der Waals surface area contributed by atoms with Crippen LogP contribution in [0, 0.1) is 26.9 Å². The van der Waals surface area contributed by atoms with Gasteiger partial charge in [-0.1, -0.05) is 26.8 Å². The highest BCUT2D eigenvalue weighted by atomic mass is 32.2. The Balaban J connectivity index is 1.43. The molecular weight excluding hydrogens is 418 g/mol. The summed E-state index contributed by atoms with van der Waals surface area (Å²) in [4.78, 5) is 25.7. The lowest BCUT2D eigenvalue weighted by Gasteiger charge is -2.40. The Kier molecular flexibility index (Phi) is 5.41. The van der Waals surface area contributed by atoms with Gasteiger partial charge in [0.25, 0.3) is 5.69 Å². The normalized spacial score (nSPS) is 29.1. The van der Waals surface area contributed by atoms with Crippen molar-refractivity contribution >= 4 is 21.6 Å². The standard InChI is InChI=1S/C22H31N3O5S/c1-21(2)12-18-13-22(3,14-21)15-24(18)20(26)16-7-9-23(10-8-16)31(29,30)19-6-4-5-17(11-19)25(27)28/h4-6,11,16,18H,7-10,12-15H2,1-3H3/t18-,22-/m1/s1. The molecule has 2 aliphatic heterocycles. The number of fused-ring (bicyclic) bond motifs is 2. The van der Waals surface area contributed by atoms with Crippen molar-refractivity contribution in [3.63, 3.8) is 0 Å². The summed E-state index contributed by atoms with van der Waals surface area (Å²) in [5, 5.41) is 11.0. The second kappa shape index (κ2) is 7.55. The number of nitro benzene ring substituents is 1. The molecule has 1 aromatic carbocycles. The SMILES string of the molecule is CC1(C)C[C@@H]2C[C@@](C)(CN2C(=O)C2CCN(S(=O)(=O)c3cccc([N+](=O)[O-])c3)CC2)C1. The number of likely N-dealkylation sites (tertiary alicyclic amines) is 1. The van der Waals surface area contributed by atoms with Crippen molar-refractivity contribution in [2.75, 3.05) is 19.6 Å². The maximum atomic E-state index is 13.3. The fourth-order valence-electron chi connectivity index (χ4n) is 6.20. The Morgan fingerprint density at radius 1 is 1.16 bits per heavy atom. The topological polar surface area (TPSA) is 101 Å². The average Bonchev–Trinajstić information content (AvgIpc) is 2.96. The maximum Gasteiger partial charge on any atom is 0.270 e. The van der Waals surface area contributed by atoms with Crippen LogP contribution in [0.1, 0.15) is 52.9 Å². The molecule has 9 heteroatoms. The summed E-state index contributed by atoms with van der Waals surface area (Å²) in [6.07, 6.45) is 4.17. The molecule has 2 atom stereocenters. The summed E-state index contributed by atoms with van der Waals surface area (Å²) in [6, 6.07) is 5.42. The minimum Gasteiger partial charge on any atom is -0.339 e. The van der Waals surface area contributed by atoms with Gasteiger partial charge in [-0.2, -0.15) is 4.31 Å². The van der Waals surface area contributed by atoms with E-state index in [1.165, 1.54) is 22.5 Å². The fourth-order valence-corrected chi connectivity index (χ4v) is 7.71. The molecule has 170 valence electrons. The van der Waals surface area contributed by atoms with Crippen LogP contribution in [0.3, 0.4) is 0 Å². The molecule has 31 heavy (non-hydrogen) atoms. The third-order valence-electron chi connectivity index (χ3n) is 7.17. The molecule has 2 saturated heterocycles. The van der Waals surface area contributed by atoms with E-state index in [2.05, 4.69) is 25.7 Å². The largest absolute Gasteiger partial charge is 0.339 e. The molecule has 0 spiro atoms. The molecular formula is C22H31N3O5S. The van der Waals surface area contributed by atoms with Gasteiger partial charge >= 0.3 is 0 Å². The van der Waals surface area contributed by atoms with E-state index in [1.54, 1.807) is 0 Å². The molecule has 1 amide bonds. The molecule has 0 unspecified atom stereocenters. The summed E-state index contributed by atoms with van der Waals surface area (Å²) in [5.41, 5.74) is 0.166. The van der Waals surface area contributed by atoms with E-state index in [9.17, 15) is 23.3 Å². The van der Waals surface area contributed by atoms with E-state index in [0.717, 1.165) is 31.9 Å². The quantitative estimate of drug-likeness (QED) is 0.518. The lowest BCUT2D eigenvalue weighted by atomic mass is 9.65. The molecule has 1 aliphatic carbocycles. The first kappa shape index (κ1) is 22.2. The number of hydrogen-bond acceptors (Lipinski definition) is 5. The van der Waals surface area contributed by atoms with Crippen LogP contribution in [-0.4, -0.2) is 54.1 Å². The highest BCUT2D eigenvalue weighted by Crippen LogP contribution is 2.52. The van der Waals surface area contributed by atoms with E-state index in [0.29, 0.717) is 12.8 Å². The molecule has 0 N–H and O–H groups in total. The number of carbonyl (C=O) groups excluding carboxylic acids is 1. The molecule has 2 bridgehead atoms. The van der Waals surface area contributed by atoms with Crippen LogP contribution >= 0.6 is 0 Å². The van der Waals surface area contributed by atoms with Crippen LogP contribution in [0.2, 0.25) is 0 Å². The van der Waals surface area contributed by atoms with Crippen molar-refractivity contribution in [2.45, 2.75) is 63.8 Å². The van der Waals surface area contributed by atoms with Crippen molar-refractivity contribution in [1.82, 2.24) is 9.21 Å². The van der Waals surface area contributed by atoms with E-state index in [-0.39, 0.29) is 52.4 Å². The number of sulfonamides is 1. The smallest absolute Gasteiger partial charge is 0.270 e. The molecule has 2 heterocycles. The first-order valence-electron chi connectivity index (χ1n) is 11.0. The lowest BCUT2D eigenvalue weighted by Crippen LogP contribution is -2.46. The number of benzene rings is 1. The van der Waals surface area contributed by atoms with Crippen LogP contribution < -0.4 is 0 Å². The van der Waals surface area contributed by atoms with Gasteiger partial charge in [0.2, 0.25) is 15.9 Å². The first-order chi connectivity index (χ1) is 14.4. The Labute approximate surface area is 183 Å². The first-order valence-corrected chi connectivity index (χ1v) is 12.4. The predicted octanol–water partition coefficient (Wildman–Crippen LogP) is 3.42. The second-order valence-corrected chi connectivity index (χ2v) is 12.6. The summed E-state index contributed by atoms with van der Waals surface area (Å²) >= 11 is 0. The van der Waals surface area contributed by atoms with Crippen molar-refractivity contribution in [1.29, 1.82) is 0 Å². The van der Waals surface area contributed by atoms with Gasteiger partial charge in [-0.05, 0) is 49.0 Å². The van der Waals surface area contributed by atoms with Gasteiger partial charge in [0.15, 0.2) is 0 Å².